The zero-order chi connectivity index (χ0) is 38.5. The lowest BCUT2D eigenvalue weighted by Crippen LogP contribution is -2.67. The molecule has 5 N–H and O–H groups in total. The number of benzene rings is 2. The Kier molecular flexibility index (Phi) is 12.5. The molecular weight excluding hydrogens is 696 g/mol. The van der Waals surface area contributed by atoms with Crippen LogP contribution in [0.3, 0.4) is 0 Å². The molecule has 0 bridgehead atoms. The van der Waals surface area contributed by atoms with E-state index in [9.17, 15) is 36.7 Å². The molecule has 1 aromatic heterocycles. The van der Waals surface area contributed by atoms with Gasteiger partial charge in [-0.25, -0.2) is 9.40 Å². The minimum absolute atomic E-state index is 0.0134. The number of halogens is 4. The van der Waals surface area contributed by atoms with E-state index in [4.69, 9.17) is 4.74 Å². The van der Waals surface area contributed by atoms with Crippen LogP contribution in [0.2, 0.25) is 0 Å². The Bertz CT molecular complexity index is 1810. The molecule has 2 aromatic carbocycles. The smallest absolute Gasteiger partial charge is 0.379 e. The number of amides is 4. The number of morpholine rings is 1. The van der Waals surface area contributed by atoms with E-state index < -0.39 is 64.7 Å². The third-order valence-corrected chi connectivity index (χ3v) is 10.6. The molecule has 5 rings (SSSR count). The summed E-state index contributed by atoms with van der Waals surface area (Å²) in [5, 5.41) is 10.5. The Morgan fingerprint density at radius 3 is 2.23 bits per heavy atom. The number of H-pyrrole nitrogens is 1. The molecule has 15 heteroatoms. The molecule has 1 aliphatic carbocycles. The Morgan fingerprint density at radius 2 is 1.58 bits per heavy atom. The van der Waals surface area contributed by atoms with Crippen LogP contribution in [0.4, 0.5) is 17.6 Å². The molecule has 2 heterocycles. The van der Waals surface area contributed by atoms with Crippen LogP contribution < -0.4 is 21.4 Å². The van der Waals surface area contributed by atoms with Crippen molar-refractivity contribution in [2.24, 2.45) is 11.8 Å². The van der Waals surface area contributed by atoms with Gasteiger partial charge in [0.1, 0.15) is 23.4 Å². The first-order valence-corrected chi connectivity index (χ1v) is 18.2. The number of aromatic amines is 1. The Labute approximate surface area is 305 Å². The highest BCUT2D eigenvalue weighted by molar-refractivity contribution is 5.98. The summed E-state index contributed by atoms with van der Waals surface area (Å²) in [7, 11) is 0. The van der Waals surface area contributed by atoms with Crippen LogP contribution in [0.25, 0.3) is 10.9 Å². The number of para-hydroxylation sites is 1. The lowest BCUT2D eigenvalue weighted by molar-refractivity contribution is -0.140. The lowest BCUT2D eigenvalue weighted by atomic mass is 9.78. The SMILES string of the molecule is CCC(C)[C@H](NC(=O)Cc1ccccc1F)C(=O)N[C@]1(C(=O)NC(C(=O)NN2CCOCC2)[C@@H](C)CC)CCc2[nH]c3c(C(F)(F)F)cccc3c2C1. The fourth-order valence-corrected chi connectivity index (χ4v) is 7.00. The maximum absolute atomic E-state index is 14.7. The predicted molar refractivity (Wildman–Crippen MR) is 190 cm³/mol. The molecule has 53 heavy (non-hydrogen) atoms. The molecule has 5 atom stereocenters. The minimum Gasteiger partial charge on any atom is -0.379 e. The maximum Gasteiger partial charge on any atom is 0.418 e. The number of aryl methyl sites for hydroxylation is 1. The van der Waals surface area contributed by atoms with Crippen molar-refractivity contribution in [3.63, 3.8) is 0 Å². The van der Waals surface area contributed by atoms with E-state index in [1.807, 2.05) is 20.8 Å². The number of nitrogens with zero attached hydrogens (tertiary/aromatic N) is 1. The summed E-state index contributed by atoms with van der Waals surface area (Å²) < 4.78 is 61.9. The van der Waals surface area contributed by atoms with Crippen LogP contribution in [0.15, 0.2) is 42.5 Å². The van der Waals surface area contributed by atoms with Crippen molar-refractivity contribution >= 4 is 34.5 Å². The zero-order valence-corrected chi connectivity index (χ0v) is 30.4. The number of hydrogen-bond acceptors (Lipinski definition) is 6. The number of aromatic nitrogens is 1. The van der Waals surface area contributed by atoms with Crippen LogP contribution in [0.5, 0.6) is 0 Å². The highest BCUT2D eigenvalue weighted by Crippen LogP contribution is 2.40. The van der Waals surface area contributed by atoms with Crippen molar-refractivity contribution < 1.29 is 41.5 Å². The number of carbonyl (C=O) groups excluding carboxylic acids is 4. The first kappa shape index (κ1) is 39.7. The van der Waals surface area contributed by atoms with Gasteiger partial charge in [0, 0.05) is 30.6 Å². The van der Waals surface area contributed by atoms with Crippen molar-refractivity contribution in [3.05, 3.63) is 70.7 Å². The van der Waals surface area contributed by atoms with E-state index >= 15 is 0 Å². The molecule has 0 saturated carbocycles. The number of alkyl halides is 3. The summed E-state index contributed by atoms with van der Waals surface area (Å²) in [6.07, 6.45) is -4.07. The predicted octanol–water partition coefficient (Wildman–Crippen LogP) is 4.34. The van der Waals surface area contributed by atoms with Crippen LogP contribution in [0.1, 0.15) is 69.3 Å². The minimum atomic E-state index is -4.64. The maximum atomic E-state index is 14.7. The normalized spacial score (nSPS) is 20.1. The lowest BCUT2D eigenvalue weighted by Gasteiger charge is -2.40. The van der Waals surface area contributed by atoms with Gasteiger partial charge in [0.05, 0.1) is 30.7 Å². The fraction of sp³-hybridized carbons (Fsp3) is 0.526. The van der Waals surface area contributed by atoms with Gasteiger partial charge in [-0.15, -0.1) is 0 Å². The molecule has 11 nitrogen and oxygen atoms in total. The number of fused-ring (bicyclic) bond motifs is 3. The van der Waals surface area contributed by atoms with Gasteiger partial charge >= 0.3 is 6.18 Å². The summed E-state index contributed by atoms with van der Waals surface area (Å²) in [4.78, 5) is 58.8. The van der Waals surface area contributed by atoms with Crippen molar-refractivity contribution in [1.29, 1.82) is 0 Å². The van der Waals surface area contributed by atoms with Crippen LogP contribution in [-0.2, 0) is 49.4 Å². The van der Waals surface area contributed by atoms with E-state index in [1.54, 1.807) is 24.1 Å². The number of rotatable bonds is 13. The van der Waals surface area contributed by atoms with Crippen LogP contribution in [0, 0.1) is 17.7 Å². The standard InChI is InChI=1S/C38H48F4N6O5/c1-5-22(3)31(44-30(49)20-24-10-7-8-13-28(24)39)34(50)46-37(36(52)45-32(23(4)6-2)35(51)47-48-16-18-53-19-17-48)15-14-29-26(21-37)25-11-9-12-27(33(25)43-29)38(40,41)42/h7-13,22-23,31-32,43H,5-6,14-21H2,1-4H3,(H,44,49)(H,45,52)(H,46,50)(H,47,51)/t22?,23-,31-,32?,37+/m0/s1. The van der Waals surface area contributed by atoms with E-state index in [-0.39, 0.29) is 48.1 Å². The fourth-order valence-electron chi connectivity index (χ4n) is 7.00. The molecule has 2 unspecified atom stereocenters. The number of carbonyl (C=O) groups is 4. The van der Waals surface area contributed by atoms with Crippen molar-refractivity contribution in [2.75, 3.05) is 26.3 Å². The molecule has 0 radical (unpaired) electrons. The van der Waals surface area contributed by atoms with E-state index in [0.29, 0.717) is 50.4 Å². The second kappa shape index (κ2) is 16.7. The van der Waals surface area contributed by atoms with E-state index in [0.717, 1.165) is 6.07 Å². The summed E-state index contributed by atoms with van der Waals surface area (Å²) in [5.41, 5.74) is 1.27. The molecule has 2 aliphatic rings. The van der Waals surface area contributed by atoms with Gasteiger partial charge in [0.2, 0.25) is 17.7 Å². The molecule has 0 spiro atoms. The first-order chi connectivity index (χ1) is 25.2. The molecule has 1 fully saturated rings. The summed E-state index contributed by atoms with van der Waals surface area (Å²) in [6, 6.07) is 7.47. The van der Waals surface area contributed by atoms with Crippen LogP contribution >= 0.6 is 0 Å². The average molecular weight is 745 g/mol. The number of hydrogen-bond donors (Lipinski definition) is 5. The Hall–Kier alpha value is -4.50. The summed E-state index contributed by atoms with van der Waals surface area (Å²) >= 11 is 0. The Morgan fingerprint density at radius 1 is 0.925 bits per heavy atom. The van der Waals surface area contributed by atoms with Crippen LogP contribution in [-0.4, -0.2) is 77.5 Å². The largest absolute Gasteiger partial charge is 0.418 e. The quantitative estimate of drug-likeness (QED) is 0.165. The molecule has 4 amide bonds. The molecule has 1 aliphatic heterocycles. The number of ether oxygens (including phenoxy) is 1. The number of nitrogens with one attached hydrogen (secondary N) is 5. The van der Waals surface area contributed by atoms with Gasteiger partial charge in [0.25, 0.3) is 5.91 Å². The second-order valence-corrected chi connectivity index (χ2v) is 14.2. The average Bonchev–Trinajstić information content (AvgIpc) is 3.50. The van der Waals surface area contributed by atoms with Gasteiger partial charge in [-0.2, -0.15) is 13.2 Å². The van der Waals surface area contributed by atoms with E-state index in [2.05, 4.69) is 26.4 Å². The summed E-state index contributed by atoms with van der Waals surface area (Å²) in [6.45, 7) is 9.03. The van der Waals surface area contributed by atoms with Crippen molar-refractivity contribution in [2.45, 2.75) is 90.0 Å². The highest BCUT2D eigenvalue weighted by Gasteiger charge is 2.47. The first-order valence-electron chi connectivity index (χ1n) is 18.2. The van der Waals surface area contributed by atoms with Crippen molar-refractivity contribution in [3.8, 4) is 0 Å². The van der Waals surface area contributed by atoms with Gasteiger partial charge in [-0.1, -0.05) is 70.9 Å². The van der Waals surface area contributed by atoms with E-state index in [1.165, 1.54) is 24.3 Å². The van der Waals surface area contributed by atoms with Gasteiger partial charge in [0.15, 0.2) is 0 Å². The highest BCUT2D eigenvalue weighted by atomic mass is 19.4. The zero-order valence-electron chi connectivity index (χ0n) is 30.4. The monoisotopic (exact) mass is 744 g/mol. The topological polar surface area (TPSA) is 145 Å². The summed E-state index contributed by atoms with van der Waals surface area (Å²) in [5.74, 6) is -3.75. The van der Waals surface area contributed by atoms with Gasteiger partial charge < -0.3 is 25.7 Å². The molecule has 288 valence electrons. The van der Waals surface area contributed by atoms with Gasteiger partial charge in [-0.05, 0) is 47.9 Å². The third kappa shape index (κ3) is 9.01. The molecular formula is C38H48F4N6O5. The third-order valence-electron chi connectivity index (χ3n) is 10.6. The number of hydrazine groups is 1. The Balaban J connectivity index is 1.49. The molecule has 3 aromatic rings. The van der Waals surface area contributed by atoms with Gasteiger partial charge in [-0.3, -0.25) is 24.6 Å². The second-order valence-electron chi connectivity index (χ2n) is 14.2. The van der Waals surface area contributed by atoms with Crippen molar-refractivity contribution in [1.82, 2.24) is 31.4 Å². The molecule has 1 saturated heterocycles.